The lowest BCUT2D eigenvalue weighted by atomic mass is 10.1. The zero-order chi connectivity index (χ0) is 13.7. The van der Waals surface area contributed by atoms with Crippen molar-refractivity contribution < 1.29 is 4.79 Å². The summed E-state index contributed by atoms with van der Waals surface area (Å²) in [6.45, 7) is 0.768. The first kappa shape index (κ1) is 14.2. The van der Waals surface area contributed by atoms with Gasteiger partial charge in [0.15, 0.2) is 0 Å². The molecule has 0 aliphatic carbocycles. The van der Waals surface area contributed by atoms with E-state index in [2.05, 4.69) is 24.1 Å². The van der Waals surface area contributed by atoms with Crippen molar-refractivity contribution in [3.05, 3.63) is 52.2 Å². The standard InChI is InChI=1S/C15H17NOS2/c1-16(9-8-14-3-2-10-19-14)15(17)11-12-4-6-13(18)7-5-12/h2-7,10,18H,8-9,11H2,1H3. The Bertz CT molecular complexity index is 520. The molecule has 0 aliphatic rings. The summed E-state index contributed by atoms with van der Waals surface area (Å²) < 4.78 is 0. The van der Waals surface area contributed by atoms with Crippen LogP contribution >= 0.6 is 24.0 Å². The van der Waals surface area contributed by atoms with Crippen LogP contribution in [0.5, 0.6) is 0 Å². The molecule has 1 heterocycles. The van der Waals surface area contributed by atoms with Crippen LogP contribution in [0.3, 0.4) is 0 Å². The summed E-state index contributed by atoms with van der Waals surface area (Å²) in [5, 5.41) is 2.07. The summed E-state index contributed by atoms with van der Waals surface area (Å²) in [5.74, 6) is 0.156. The van der Waals surface area contributed by atoms with E-state index in [0.717, 1.165) is 23.4 Å². The maximum atomic E-state index is 12.1. The number of benzene rings is 1. The van der Waals surface area contributed by atoms with Crippen LogP contribution in [0.1, 0.15) is 10.4 Å². The van der Waals surface area contributed by atoms with Crippen molar-refractivity contribution in [2.75, 3.05) is 13.6 Å². The van der Waals surface area contributed by atoms with E-state index in [0.29, 0.717) is 6.42 Å². The van der Waals surface area contributed by atoms with Gasteiger partial charge in [0.05, 0.1) is 6.42 Å². The molecule has 0 unspecified atom stereocenters. The van der Waals surface area contributed by atoms with Gasteiger partial charge in [0, 0.05) is 23.4 Å². The molecule has 0 N–H and O–H groups in total. The molecular formula is C15H17NOS2. The predicted octanol–water partition coefficient (Wildman–Crippen LogP) is 3.28. The Morgan fingerprint density at radius 3 is 2.63 bits per heavy atom. The number of thiol groups is 1. The van der Waals surface area contributed by atoms with Crippen LogP contribution in [0.4, 0.5) is 0 Å². The first-order valence-corrected chi connectivity index (χ1v) is 7.52. The number of carbonyl (C=O) groups excluding carboxylic acids is 1. The van der Waals surface area contributed by atoms with Gasteiger partial charge in [-0.25, -0.2) is 0 Å². The molecule has 0 atom stereocenters. The van der Waals surface area contributed by atoms with Crippen LogP contribution in [-0.4, -0.2) is 24.4 Å². The Kier molecular flexibility index (Phi) is 5.05. The fraction of sp³-hybridized carbons (Fsp3) is 0.267. The van der Waals surface area contributed by atoms with E-state index in [4.69, 9.17) is 0 Å². The maximum absolute atomic E-state index is 12.1. The molecule has 2 nitrogen and oxygen atoms in total. The zero-order valence-electron chi connectivity index (χ0n) is 10.9. The normalized spacial score (nSPS) is 10.4. The third-order valence-corrected chi connectivity index (χ3v) is 4.23. The molecule has 1 amide bonds. The van der Waals surface area contributed by atoms with Crippen LogP contribution < -0.4 is 0 Å². The van der Waals surface area contributed by atoms with E-state index in [-0.39, 0.29) is 5.91 Å². The second-order valence-electron chi connectivity index (χ2n) is 4.49. The van der Waals surface area contributed by atoms with E-state index in [1.807, 2.05) is 37.4 Å². The first-order valence-electron chi connectivity index (χ1n) is 6.19. The highest BCUT2D eigenvalue weighted by molar-refractivity contribution is 7.80. The van der Waals surface area contributed by atoms with E-state index < -0.39 is 0 Å². The summed E-state index contributed by atoms with van der Waals surface area (Å²) in [6, 6.07) is 11.9. The minimum absolute atomic E-state index is 0.156. The van der Waals surface area contributed by atoms with Crippen molar-refractivity contribution in [3.63, 3.8) is 0 Å². The predicted molar refractivity (Wildman–Crippen MR) is 83.1 cm³/mol. The molecule has 2 aromatic rings. The lowest BCUT2D eigenvalue weighted by molar-refractivity contribution is -0.129. The quantitative estimate of drug-likeness (QED) is 0.838. The molecule has 0 fully saturated rings. The Hall–Kier alpha value is -1.26. The fourth-order valence-corrected chi connectivity index (χ4v) is 2.63. The van der Waals surface area contributed by atoms with E-state index in [1.54, 1.807) is 16.2 Å². The van der Waals surface area contributed by atoms with Crippen LogP contribution in [0, 0.1) is 0 Å². The number of amides is 1. The van der Waals surface area contributed by atoms with Gasteiger partial charge in [0.1, 0.15) is 0 Å². The monoisotopic (exact) mass is 291 g/mol. The Labute approximate surface area is 123 Å². The Balaban J connectivity index is 1.83. The Morgan fingerprint density at radius 1 is 1.26 bits per heavy atom. The SMILES string of the molecule is CN(CCc1cccs1)C(=O)Cc1ccc(S)cc1. The zero-order valence-corrected chi connectivity index (χ0v) is 12.6. The molecule has 0 aliphatic heterocycles. The smallest absolute Gasteiger partial charge is 0.226 e. The molecule has 100 valence electrons. The van der Waals surface area contributed by atoms with Crippen LogP contribution in [0.25, 0.3) is 0 Å². The van der Waals surface area contributed by atoms with Gasteiger partial charge in [0.2, 0.25) is 5.91 Å². The average Bonchev–Trinajstić information content (AvgIpc) is 2.91. The van der Waals surface area contributed by atoms with Gasteiger partial charge in [-0.15, -0.1) is 24.0 Å². The highest BCUT2D eigenvalue weighted by atomic mass is 32.1. The van der Waals surface area contributed by atoms with Crippen LogP contribution in [0.15, 0.2) is 46.7 Å². The molecule has 0 saturated heterocycles. The number of hydrogen-bond acceptors (Lipinski definition) is 3. The fourth-order valence-electron chi connectivity index (χ4n) is 1.78. The van der Waals surface area contributed by atoms with Gasteiger partial charge < -0.3 is 4.90 Å². The van der Waals surface area contributed by atoms with Crippen LogP contribution in [-0.2, 0) is 17.6 Å². The molecule has 0 radical (unpaired) electrons. The molecule has 4 heteroatoms. The maximum Gasteiger partial charge on any atom is 0.226 e. The number of thiophene rings is 1. The van der Waals surface area contributed by atoms with Gasteiger partial charge in [0.25, 0.3) is 0 Å². The van der Waals surface area contributed by atoms with Crippen molar-refractivity contribution in [1.82, 2.24) is 4.90 Å². The average molecular weight is 291 g/mol. The third-order valence-electron chi connectivity index (χ3n) is 2.99. The first-order chi connectivity index (χ1) is 9.15. The summed E-state index contributed by atoms with van der Waals surface area (Å²) in [4.78, 5) is 16.1. The highest BCUT2D eigenvalue weighted by Gasteiger charge is 2.09. The van der Waals surface area contributed by atoms with Crippen molar-refractivity contribution in [2.24, 2.45) is 0 Å². The molecular weight excluding hydrogens is 274 g/mol. The van der Waals surface area contributed by atoms with E-state index in [1.165, 1.54) is 4.88 Å². The van der Waals surface area contributed by atoms with E-state index in [9.17, 15) is 4.79 Å². The second kappa shape index (κ2) is 6.78. The van der Waals surface area contributed by atoms with Crippen LogP contribution in [0.2, 0.25) is 0 Å². The van der Waals surface area contributed by atoms with Crippen molar-refractivity contribution in [3.8, 4) is 0 Å². The summed E-state index contributed by atoms with van der Waals surface area (Å²) in [6.07, 6.45) is 1.38. The van der Waals surface area contributed by atoms with Gasteiger partial charge >= 0.3 is 0 Å². The largest absolute Gasteiger partial charge is 0.345 e. The number of carbonyl (C=O) groups is 1. The molecule has 2 rings (SSSR count). The van der Waals surface area contributed by atoms with Crippen molar-refractivity contribution in [1.29, 1.82) is 0 Å². The number of nitrogens with zero attached hydrogens (tertiary/aromatic N) is 1. The van der Waals surface area contributed by atoms with E-state index >= 15 is 0 Å². The van der Waals surface area contributed by atoms with Gasteiger partial charge in [-0.3, -0.25) is 4.79 Å². The molecule has 19 heavy (non-hydrogen) atoms. The second-order valence-corrected chi connectivity index (χ2v) is 6.04. The highest BCUT2D eigenvalue weighted by Crippen LogP contribution is 2.11. The molecule has 0 bridgehead atoms. The number of rotatable bonds is 5. The molecule has 1 aromatic heterocycles. The lowest BCUT2D eigenvalue weighted by Crippen LogP contribution is -2.30. The lowest BCUT2D eigenvalue weighted by Gasteiger charge is -2.16. The third kappa shape index (κ3) is 4.40. The number of hydrogen-bond donors (Lipinski definition) is 1. The summed E-state index contributed by atoms with van der Waals surface area (Å²) >= 11 is 5.97. The minimum Gasteiger partial charge on any atom is -0.345 e. The summed E-state index contributed by atoms with van der Waals surface area (Å²) in [5.41, 5.74) is 1.03. The molecule has 0 saturated carbocycles. The summed E-state index contributed by atoms with van der Waals surface area (Å²) in [7, 11) is 1.86. The van der Waals surface area contributed by atoms with Gasteiger partial charge in [-0.2, -0.15) is 0 Å². The van der Waals surface area contributed by atoms with Gasteiger partial charge in [-0.1, -0.05) is 18.2 Å². The molecule has 0 spiro atoms. The minimum atomic E-state index is 0.156. The topological polar surface area (TPSA) is 20.3 Å². The Morgan fingerprint density at radius 2 is 2.00 bits per heavy atom. The van der Waals surface area contributed by atoms with Gasteiger partial charge in [-0.05, 0) is 35.6 Å². The van der Waals surface area contributed by atoms with Crippen molar-refractivity contribution >= 4 is 29.9 Å². The number of likely N-dealkylation sites (N-methyl/N-ethyl adjacent to an activating group) is 1. The molecule has 1 aromatic carbocycles. The van der Waals surface area contributed by atoms with Crippen molar-refractivity contribution in [2.45, 2.75) is 17.7 Å².